The molecule has 0 aromatic carbocycles. The van der Waals surface area contributed by atoms with Gasteiger partial charge in [-0.05, 0) is 32.9 Å². The van der Waals surface area contributed by atoms with Gasteiger partial charge in [0.2, 0.25) is 0 Å². The van der Waals surface area contributed by atoms with Crippen LogP contribution in [-0.2, 0) is 6.54 Å². The zero-order chi connectivity index (χ0) is 14.7. The van der Waals surface area contributed by atoms with Crippen LogP contribution in [0.15, 0.2) is 12.5 Å². The molecule has 1 aliphatic heterocycles. The fraction of sp³-hybridized carbons (Fsp3) is 0.714. The third-order valence-corrected chi connectivity index (χ3v) is 4.24. The van der Waals surface area contributed by atoms with Gasteiger partial charge in [-0.25, -0.2) is 9.78 Å². The van der Waals surface area contributed by atoms with E-state index in [1.807, 2.05) is 19.4 Å². The molecule has 0 radical (unpaired) electrons. The molecule has 1 fully saturated rings. The summed E-state index contributed by atoms with van der Waals surface area (Å²) in [6, 6.07) is 0.393. The fourth-order valence-corrected chi connectivity index (χ4v) is 2.92. The maximum atomic E-state index is 11.1. The van der Waals surface area contributed by atoms with Gasteiger partial charge < -0.3 is 19.5 Å². The predicted octanol–water partition coefficient (Wildman–Crippen LogP) is 2.04. The molecule has 1 saturated heterocycles. The summed E-state index contributed by atoms with van der Waals surface area (Å²) in [6.45, 7) is 4.07. The van der Waals surface area contributed by atoms with Crippen molar-refractivity contribution in [3.63, 3.8) is 0 Å². The zero-order valence-electron chi connectivity index (χ0n) is 12.5. The van der Waals surface area contributed by atoms with Gasteiger partial charge in [0, 0.05) is 25.8 Å². The number of carbonyl (C=O) groups is 1. The molecular weight excluding hydrogens is 256 g/mol. The van der Waals surface area contributed by atoms with Crippen LogP contribution in [0.1, 0.15) is 37.9 Å². The number of imidazole rings is 1. The molecular formula is C14H24N4O2. The summed E-state index contributed by atoms with van der Waals surface area (Å²) in [4.78, 5) is 19.2. The lowest BCUT2D eigenvalue weighted by atomic mass is 10.1. The highest BCUT2D eigenvalue weighted by atomic mass is 16.4. The Labute approximate surface area is 120 Å². The van der Waals surface area contributed by atoms with Gasteiger partial charge in [-0.15, -0.1) is 0 Å². The number of likely N-dealkylation sites (N-methyl/N-ethyl adjacent to an activating group) is 1. The van der Waals surface area contributed by atoms with E-state index in [0.717, 1.165) is 25.2 Å². The molecule has 2 rings (SSSR count). The van der Waals surface area contributed by atoms with E-state index in [-0.39, 0.29) is 6.04 Å². The van der Waals surface area contributed by atoms with Crippen molar-refractivity contribution >= 4 is 6.09 Å². The van der Waals surface area contributed by atoms with Crippen molar-refractivity contribution in [2.45, 2.75) is 44.8 Å². The molecule has 6 nitrogen and oxygen atoms in total. The summed E-state index contributed by atoms with van der Waals surface area (Å²) in [5.41, 5.74) is 0.832. The fourth-order valence-electron chi connectivity index (χ4n) is 2.92. The molecule has 0 aliphatic carbocycles. The largest absolute Gasteiger partial charge is 0.465 e. The van der Waals surface area contributed by atoms with Crippen molar-refractivity contribution in [3.8, 4) is 0 Å². The van der Waals surface area contributed by atoms with Crippen LogP contribution in [0.5, 0.6) is 0 Å². The topological polar surface area (TPSA) is 61.6 Å². The molecule has 2 unspecified atom stereocenters. The molecule has 2 atom stereocenters. The minimum absolute atomic E-state index is 0.171. The molecule has 20 heavy (non-hydrogen) atoms. The second-order valence-electron chi connectivity index (χ2n) is 5.59. The maximum Gasteiger partial charge on any atom is 0.407 e. The Morgan fingerprint density at radius 1 is 1.65 bits per heavy atom. The molecule has 1 N–H and O–H groups in total. The highest BCUT2D eigenvalue weighted by molar-refractivity contribution is 5.65. The highest BCUT2D eigenvalue weighted by Gasteiger charge is 2.24. The molecule has 1 aromatic heterocycles. The van der Waals surface area contributed by atoms with Gasteiger partial charge in [-0.1, -0.05) is 6.92 Å². The van der Waals surface area contributed by atoms with Crippen LogP contribution >= 0.6 is 0 Å². The van der Waals surface area contributed by atoms with Crippen molar-refractivity contribution in [1.29, 1.82) is 0 Å². The first kappa shape index (κ1) is 14.8. The lowest BCUT2D eigenvalue weighted by Gasteiger charge is -2.23. The van der Waals surface area contributed by atoms with Crippen molar-refractivity contribution < 1.29 is 9.90 Å². The van der Waals surface area contributed by atoms with Crippen molar-refractivity contribution in [1.82, 2.24) is 19.4 Å². The van der Waals surface area contributed by atoms with Crippen LogP contribution in [0.25, 0.3) is 0 Å². The summed E-state index contributed by atoms with van der Waals surface area (Å²) >= 11 is 0. The van der Waals surface area contributed by atoms with E-state index in [1.54, 1.807) is 7.05 Å². The SMILES string of the molecule is CCC(c1cn(CC2CCCN2C)cn1)N(C)C(=O)O. The maximum absolute atomic E-state index is 11.1. The van der Waals surface area contributed by atoms with E-state index in [2.05, 4.69) is 21.5 Å². The Morgan fingerprint density at radius 3 is 2.95 bits per heavy atom. The minimum atomic E-state index is -0.915. The second-order valence-corrected chi connectivity index (χ2v) is 5.59. The molecule has 2 heterocycles. The van der Waals surface area contributed by atoms with Crippen LogP contribution < -0.4 is 0 Å². The quantitative estimate of drug-likeness (QED) is 0.896. The van der Waals surface area contributed by atoms with Crippen molar-refractivity contribution in [2.24, 2.45) is 0 Å². The normalized spacial score (nSPS) is 21.1. The van der Waals surface area contributed by atoms with Crippen LogP contribution in [0.4, 0.5) is 4.79 Å². The number of aromatic nitrogens is 2. The number of carboxylic acid groups (broad SMARTS) is 1. The summed E-state index contributed by atoms with van der Waals surface area (Å²) in [5.74, 6) is 0. The smallest absolute Gasteiger partial charge is 0.407 e. The first-order valence-corrected chi connectivity index (χ1v) is 7.20. The third kappa shape index (κ3) is 3.12. The van der Waals surface area contributed by atoms with Crippen LogP contribution in [0.2, 0.25) is 0 Å². The summed E-state index contributed by atoms with van der Waals surface area (Å²) in [6.07, 6.45) is 6.09. The number of hydrogen-bond donors (Lipinski definition) is 1. The number of amides is 1. The highest BCUT2D eigenvalue weighted by Crippen LogP contribution is 2.22. The van der Waals surface area contributed by atoms with Crippen LogP contribution in [0.3, 0.4) is 0 Å². The van der Waals surface area contributed by atoms with Gasteiger partial charge in [-0.3, -0.25) is 0 Å². The Morgan fingerprint density at radius 2 is 2.40 bits per heavy atom. The molecule has 6 heteroatoms. The monoisotopic (exact) mass is 280 g/mol. The average molecular weight is 280 g/mol. The van der Waals surface area contributed by atoms with Gasteiger partial charge in [0.05, 0.1) is 18.1 Å². The van der Waals surface area contributed by atoms with Gasteiger partial charge >= 0.3 is 6.09 Å². The Bertz CT molecular complexity index is 460. The second kappa shape index (κ2) is 6.26. The zero-order valence-corrected chi connectivity index (χ0v) is 12.5. The van der Waals surface area contributed by atoms with Crippen molar-refractivity contribution in [2.75, 3.05) is 20.6 Å². The Balaban J connectivity index is 2.05. The van der Waals surface area contributed by atoms with E-state index in [0.29, 0.717) is 6.04 Å². The first-order chi connectivity index (χ1) is 9.52. The molecule has 0 saturated carbocycles. The number of hydrogen-bond acceptors (Lipinski definition) is 3. The lowest BCUT2D eigenvalue weighted by molar-refractivity contribution is 0.136. The Hall–Kier alpha value is -1.56. The summed E-state index contributed by atoms with van der Waals surface area (Å²) in [7, 11) is 3.75. The molecule has 1 aliphatic rings. The molecule has 0 bridgehead atoms. The van der Waals surface area contributed by atoms with E-state index < -0.39 is 6.09 Å². The van der Waals surface area contributed by atoms with Crippen LogP contribution in [0, 0.1) is 0 Å². The van der Waals surface area contributed by atoms with Gasteiger partial charge in [0.15, 0.2) is 0 Å². The van der Waals surface area contributed by atoms with Crippen LogP contribution in [-0.4, -0.2) is 57.2 Å². The Kier molecular flexibility index (Phi) is 4.65. The molecule has 1 amide bonds. The van der Waals surface area contributed by atoms with E-state index in [9.17, 15) is 4.79 Å². The van der Waals surface area contributed by atoms with Gasteiger partial charge in [-0.2, -0.15) is 0 Å². The summed E-state index contributed by atoms with van der Waals surface area (Å²) < 4.78 is 2.08. The van der Waals surface area contributed by atoms with E-state index >= 15 is 0 Å². The average Bonchev–Trinajstić information content (AvgIpc) is 3.01. The van der Waals surface area contributed by atoms with Gasteiger partial charge in [0.1, 0.15) is 0 Å². The lowest BCUT2D eigenvalue weighted by Crippen LogP contribution is -2.30. The van der Waals surface area contributed by atoms with Crippen molar-refractivity contribution in [3.05, 3.63) is 18.2 Å². The van der Waals surface area contributed by atoms with E-state index in [1.165, 1.54) is 17.7 Å². The molecule has 112 valence electrons. The number of likely N-dealkylation sites (tertiary alicyclic amines) is 1. The predicted molar refractivity (Wildman–Crippen MR) is 76.7 cm³/mol. The molecule has 0 spiro atoms. The minimum Gasteiger partial charge on any atom is -0.465 e. The number of nitrogens with zero attached hydrogens (tertiary/aromatic N) is 4. The van der Waals surface area contributed by atoms with E-state index in [4.69, 9.17) is 5.11 Å². The third-order valence-electron chi connectivity index (χ3n) is 4.24. The van der Waals surface area contributed by atoms with Gasteiger partial charge in [0.25, 0.3) is 0 Å². The standard InChI is InChI=1S/C14H24N4O2/c1-4-13(17(3)14(19)20)12-9-18(10-15-12)8-11-6-5-7-16(11)2/h9-11,13H,4-8H2,1-3H3,(H,19,20). The summed E-state index contributed by atoms with van der Waals surface area (Å²) in [5, 5.41) is 9.10. The molecule has 1 aromatic rings. The number of rotatable bonds is 5. The first-order valence-electron chi connectivity index (χ1n) is 7.20.